The number of aromatic nitrogens is 3. The lowest BCUT2D eigenvalue weighted by atomic mass is 10.1. The van der Waals surface area contributed by atoms with Gasteiger partial charge in [0.1, 0.15) is 12.1 Å². The minimum Gasteiger partial charge on any atom is -0.454 e. The van der Waals surface area contributed by atoms with Crippen molar-refractivity contribution in [1.82, 2.24) is 24.6 Å². The summed E-state index contributed by atoms with van der Waals surface area (Å²) in [6.45, 7) is 8.86. The second kappa shape index (κ2) is 8.03. The lowest BCUT2D eigenvalue weighted by molar-refractivity contribution is 0.0739. The molecule has 0 saturated carbocycles. The molecule has 3 heterocycles. The molecule has 0 unspecified atom stereocenters. The molecule has 2 aromatic heterocycles. The number of hydrogen-bond acceptors (Lipinski definition) is 5. The number of nitrogens with zero attached hydrogens (tertiary/aromatic N) is 5. The lowest BCUT2D eigenvalue weighted by Crippen LogP contribution is -2.32. The van der Waals surface area contributed by atoms with Crippen molar-refractivity contribution >= 4 is 5.91 Å². The van der Waals surface area contributed by atoms with E-state index in [0.29, 0.717) is 12.3 Å². The lowest BCUT2D eigenvalue weighted by Gasteiger charge is -2.31. The number of rotatable bonds is 6. The standard InChI is InChI=1S/C19H29N5O2/c1-14(2)24-13-20-21-18(24)12-22(4)19(25)17-9-8-16(26-17)15(3)23-10-6-5-7-11-23/h8-9,13-15H,5-7,10-12H2,1-4H3/t15-/m0/s1. The van der Waals surface area contributed by atoms with E-state index in [9.17, 15) is 4.79 Å². The Balaban J connectivity index is 1.66. The Morgan fingerprint density at radius 1 is 1.23 bits per heavy atom. The molecular weight excluding hydrogens is 330 g/mol. The number of hydrogen-bond donors (Lipinski definition) is 0. The fourth-order valence-corrected chi connectivity index (χ4v) is 3.46. The second-order valence-electron chi connectivity index (χ2n) is 7.38. The molecule has 0 N–H and O–H groups in total. The van der Waals surface area contributed by atoms with Gasteiger partial charge in [0, 0.05) is 13.1 Å². The average Bonchev–Trinajstić information content (AvgIpc) is 3.30. The van der Waals surface area contributed by atoms with E-state index in [4.69, 9.17) is 4.42 Å². The number of carbonyl (C=O) groups is 1. The van der Waals surface area contributed by atoms with Gasteiger partial charge in [0.15, 0.2) is 11.6 Å². The maximum absolute atomic E-state index is 12.7. The molecule has 1 amide bonds. The van der Waals surface area contributed by atoms with Crippen LogP contribution < -0.4 is 0 Å². The first kappa shape index (κ1) is 18.6. The first-order chi connectivity index (χ1) is 12.5. The van der Waals surface area contributed by atoms with Crippen LogP contribution in [0.15, 0.2) is 22.9 Å². The summed E-state index contributed by atoms with van der Waals surface area (Å²) in [6.07, 6.45) is 5.47. The topological polar surface area (TPSA) is 67.4 Å². The number of carbonyl (C=O) groups excluding carboxylic acids is 1. The van der Waals surface area contributed by atoms with E-state index in [-0.39, 0.29) is 18.0 Å². The highest BCUT2D eigenvalue weighted by atomic mass is 16.4. The summed E-state index contributed by atoms with van der Waals surface area (Å²) in [4.78, 5) is 16.8. The molecule has 0 aromatic carbocycles. The summed E-state index contributed by atoms with van der Waals surface area (Å²) in [7, 11) is 1.76. The fraction of sp³-hybridized carbons (Fsp3) is 0.632. The van der Waals surface area contributed by atoms with E-state index in [0.717, 1.165) is 24.7 Å². The molecule has 1 aliphatic heterocycles. The molecule has 1 fully saturated rings. The molecule has 7 heteroatoms. The number of furan rings is 1. The van der Waals surface area contributed by atoms with Gasteiger partial charge < -0.3 is 13.9 Å². The van der Waals surface area contributed by atoms with Gasteiger partial charge in [-0.1, -0.05) is 6.42 Å². The van der Waals surface area contributed by atoms with Crippen LogP contribution in [0.1, 0.15) is 74.3 Å². The summed E-state index contributed by atoms with van der Waals surface area (Å²) < 4.78 is 7.87. The molecule has 26 heavy (non-hydrogen) atoms. The summed E-state index contributed by atoms with van der Waals surface area (Å²) in [5, 5.41) is 8.08. The molecule has 3 rings (SSSR count). The van der Waals surface area contributed by atoms with Gasteiger partial charge in [0.25, 0.3) is 5.91 Å². The Morgan fingerprint density at radius 2 is 1.96 bits per heavy atom. The summed E-state index contributed by atoms with van der Waals surface area (Å²) in [6, 6.07) is 4.16. The van der Waals surface area contributed by atoms with Crippen LogP contribution >= 0.6 is 0 Å². The Hall–Kier alpha value is -2.15. The largest absolute Gasteiger partial charge is 0.454 e. The van der Waals surface area contributed by atoms with Crippen molar-refractivity contribution in [3.63, 3.8) is 0 Å². The minimum atomic E-state index is -0.139. The minimum absolute atomic E-state index is 0.139. The maximum atomic E-state index is 12.7. The van der Waals surface area contributed by atoms with Gasteiger partial charge in [-0.25, -0.2) is 0 Å². The van der Waals surface area contributed by atoms with Crippen molar-refractivity contribution in [2.75, 3.05) is 20.1 Å². The number of piperidine rings is 1. The van der Waals surface area contributed by atoms with E-state index in [1.54, 1.807) is 24.3 Å². The highest BCUT2D eigenvalue weighted by Gasteiger charge is 2.24. The third-order valence-corrected chi connectivity index (χ3v) is 5.12. The first-order valence-electron chi connectivity index (χ1n) is 9.45. The Kier molecular flexibility index (Phi) is 5.76. The Labute approximate surface area is 155 Å². The summed E-state index contributed by atoms with van der Waals surface area (Å²) in [5.41, 5.74) is 0. The molecule has 1 saturated heterocycles. The van der Waals surface area contributed by atoms with E-state index < -0.39 is 0 Å². The molecule has 142 valence electrons. The smallest absolute Gasteiger partial charge is 0.289 e. The zero-order valence-electron chi connectivity index (χ0n) is 16.2. The van der Waals surface area contributed by atoms with E-state index >= 15 is 0 Å². The summed E-state index contributed by atoms with van der Waals surface area (Å²) >= 11 is 0. The SMILES string of the molecule is CC(C)n1cnnc1CN(C)C(=O)c1ccc([C@H](C)N2CCCCC2)o1. The first-order valence-corrected chi connectivity index (χ1v) is 9.45. The van der Waals surface area contributed by atoms with Gasteiger partial charge >= 0.3 is 0 Å². The molecule has 1 aliphatic rings. The van der Waals surface area contributed by atoms with Crippen LogP contribution in [0.2, 0.25) is 0 Å². The van der Waals surface area contributed by atoms with Crippen molar-refractivity contribution < 1.29 is 9.21 Å². The average molecular weight is 359 g/mol. The van der Waals surface area contributed by atoms with Crippen molar-refractivity contribution in [2.24, 2.45) is 0 Å². The zero-order valence-corrected chi connectivity index (χ0v) is 16.2. The van der Waals surface area contributed by atoms with E-state index in [1.165, 1.54) is 19.3 Å². The van der Waals surface area contributed by atoms with Crippen LogP contribution in [0.5, 0.6) is 0 Å². The molecule has 0 radical (unpaired) electrons. The predicted octanol–water partition coefficient (Wildman–Crippen LogP) is 3.27. The van der Waals surface area contributed by atoms with Gasteiger partial charge in [-0.3, -0.25) is 9.69 Å². The molecule has 0 spiro atoms. The summed E-state index contributed by atoms with van der Waals surface area (Å²) in [5.74, 6) is 1.86. The van der Waals surface area contributed by atoms with Crippen molar-refractivity contribution in [3.05, 3.63) is 35.8 Å². The third kappa shape index (κ3) is 3.98. The highest BCUT2D eigenvalue weighted by Crippen LogP contribution is 2.26. The Morgan fingerprint density at radius 3 is 2.65 bits per heavy atom. The van der Waals surface area contributed by atoms with Gasteiger partial charge in [0.2, 0.25) is 0 Å². The van der Waals surface area contributed by atoms with E-state index in [2.05, 4.69) is 35.9 Å². The molecule has 0 bridgehead atoms. The molecule has 1 atom stereocenters. The van der Waals surface area contributed by atoms with Crippen LogP contribution in [-0.2, 0) is 6.54 Å². The normalized spacial score (nSPS) is 16.8. The van der Waals surface area contributed by atoms with Crippen LogP contribution in [0.3, 0.4) is 0 Å². The second-order valence-corrected chi connectivity index (χ2v) is 7.38. The van der Waals surface area contributed by atoms with Crippen LogP contribution in [0, 0.1) is 0 Å². The highest BCUT2D eigenvalue weighted by molar-refractivity contribution is 5.91. The van der Waals surface area contributed by atoms with Crippen LogP contribution in [-0.4, -0.2) is 50.6 Å². The third-order valence-electron chi connectivity index (χ3n) is 5.12. The monoisotopic (exact) mass is 359 g/mol. The van der Waals surface area contributed by atoms with Gasteiger partial charge in [-0.05, 0) is 58.8 Å². The predicted molar refractivity (Wildman–Crippen MR) is 98.8 cm³/mol. The van der Waals surface area contributed by atoms with Crippen molar-refractivity contribution in [1.29, 1.82) is 0 Å². The van der Waals surface area contributed by atoms with Crippen LogP contribution in [0.4, 0.5) is 0 Å². The Bertz CT molecular complexity index is 730. The fourth-order valence-electron chi connectivity index (χ4n) is 3.46. The zero-order chi connectivity index (χ0) is 18.7. The molecule has 0 aliphatic carbocycles. The molecule has 7 nitrogen and oxygen atoms in total. The van der Waals surface area contributed by atoms with Crippen molar-refractivity contribution in [3.8, 4) is 0 Å². The van der Waals surface area contributed by atoms with Gasteiger partial charge in [0.05, 0.1) is 12.6 Å². The quantitative estimate of drug-likeness (QED) is 0.792. The number of likely N-dealkylation sites (tertiary alicyclic amines) is 1. The van der Waals surface area contributed by atoms with Gasteiger partial charge in [-0.15, -0.1) is 10.2 Å². The van der Waals surface area contributed by atoms with Gasteiger partial charge in [-0.2, -0.15) is 0 Å². The maximum Gasteiger partial charge on any atom is 0.289 e. The van der Waals surface area contributed by atoms with Crippen LogP contribution in [0.25, 0.3) is 0 Å². The van der Waals surface area contributed by atoms with Crippen molar-refractivity contribution in [2.45, 2.75) is 58.7 Å². The number of amides is 1. The molecule has 2 aromatic rings. The van der Waals surface area contributed by atoms with E-state index in [1.807, 2.05) is 10.6 Å². The molecular formula is C19H29N5O2.